The lowest BCUT2D eigenvalue weighted by Crippen LogP contribution is -1.98. The predicted octanol–water partition coefficient (Wildman–Crippen LogP) is 2.16. The van der Waals surface area contributed by atoms with Crippen molar-refractivity contribution in [3.63, 3.8) is 0 Å². The van der Waals surface area contributed by atoms with Gasteiger partial charge in [0.1, 0.15) is 5.02 Å². The van der Waals surface area contributed by atoms with Crippen molar-refractivity contribution in [2.24, 2.45) is 0 Å². The number of nitrogens with two attached hydrogens (primary N) is 1. The van der Waals surface area contributed by atoms with E-state index in [4.69, 9.17) is 28.9 Å². The van der Waals surface area contributed by atoms with Crippen LogP contribution in [-0.2, 0) is 0 Å². The molecule has 0 aliphatic heterocycles. The molecule has 14 heavy (non-hydrogen) atoms. The minimum Gasteiger partial charge on any atom is -0.381 e. The lowest BCUT2D eigenvalue weighted by Gasteiger charge is -1.98. The normalized spacial score (nSPS) is 10.4. The number of anilines is 1. The van der Waals surface area contributed by atoms with Gasteiger partial charge in [0, 0.05) is 6.20 Å². The third-order valence-electron chi connectivity index (χ3n) is 1.64. The Kier molecular flexibility index (Phi) is 2.31. The van der Waals surface area contributed by atoms with E-state index in [1.807, 2.05) is 0 Å². The topological polar surface area (TPSA) is 56.7 Å². The summed E-state index contributed by atoms with van der Waals surface area (Å²) in [6, 6.07) is 3.45. The van der Waals surface area contributed by atoms with Gasteiger partial charge in [-0.1, -0.05) is 23.2 Å². The van der Waals surface area contributed by atoms with Gasteiger partial charge < -0.3 is 5.73 Å². The summed E-state index contributed by atoms with van der Waals surface area (Å²) in [6.07, 6.45) is 3.12. The highest BCUT2D eigenvalue weighted by atomic mass is 35.5. The van der Waals surface area contributed by atoms with Crippen molar-refractivity contribution >= 4 is 29.0 Å². The number of nitrogens with zero attached hydrogens (tertiary/aromatic N) is 3. The summed E-state index contributed by atoms with van der Waals surface area (Å²) in [5.74, 6) is 0.899. The summed E-state index contributed by atoms with van der Waals surface area (Å²) in [7, 11) is 0. The fourth-order valence-electron chi connectivity index (χ4n) is 0.987. The highest BCUT2D eigenvalue weighted by Gasteiger charge is 2.04. The van der Waals surface area contributed by atoms with Crippen molar-refractivity contribution in [1.82, 2.24) is 14.8 Å². The van der Waals surface area contributed by atoms with Gasteiger partial charge in [-0.05, 0) is 12.1 Å². The maximum atomic E-state index is 5.75. The molecule has 6 heteroatoms. The second kappa shape index (κ2) is 3.48. The standard InChI is InChI=1S/C8H6Cl2N4/c9-5-1-2-7(12-3-5)14-4-6(10)8(11)13-14/h1-4H,(H2,11,13). The van der Waals surface area contributed by atoms with Crippen molar-refractivity contribution in [1.29, 1.82) is 0 Å². The summed E-state index contributed by atoms with van der Waals surface area (Å²) in [5, 5.41) is 4.94. The average molecular weight is 229 g/mol. The largest absolute Gasteiger partial charge is 0.381 e. The molecule has 72 valence electrons. The summed E-state index contributed by atoms with van der Waals surface area (Å²) in [6.45, 7) is 0. The van der Waals surface area contributed by atoms with Gasteiger partial charge in [-0.3, -0.25) is 0 Å². The second-order valence-electron chi connectivity index (χ2n) is 2.64. The fourth-order valence-corrected chi connectivity index (χ4v) is 1.23. The van der Waals surface area contributed by atoms with E-state index in [9.17, 15) is 0 Å². The molecule has 0 saturated carbocycles. The van der Waals surface area contributed by atoms with Gasteiger partial charge in [0.15, 0.2) is 11.6 Å². The van der Waals surface area contributed by atoms with Crippen molar-refractivity contribution in [3.05, 3.63) is 34.6 Å². The molecule has 4 nitrogen and oxygen atoms in total. The Balaban J connectivity index is 2.44. The molecule has 0 radical (unpaired) electrons. The van der Waals surface area contributed by atoms with E-state index in [0.717, 1.165) is 0 Å². The molecule has 0 saturated heterocycles. The number of nitrogen functional groups attached to an aromatic ring is 1. The fraction of sp³-hybridized carbons (Fsp3) is 0. The predicted molar refractivity (Wildman–Crippen MR) is 55.8 cm³/mol. The number of hydrogen-bond donors (Lipinski definition) is 1. The van der Waals surface area contributed by atoms with Crippen molar-refractivity contribution in [2.45, 2.75) is 0 Å². The van der Waals surface area contributed by atoms with Crippen LogP contribution in [0, 0.1) is 0 Å². The van der Waals surface area contributed by atoms with Gasteiger partial charge in [0.05, 0.1) is 11.2 Å². The molecule has 0 aromatic carbocycles. The molecule has 2 heterocycles. The first kappa shape index (κ1) is 9.30. The van der Waals surface area contributed by atoms with Crippen molar-refractivity contribution < 1.29 is 0 Å². The third kappa shape index (κ3) is 1.66. The second-order valence-corrected chi connectivity index (χ2v) is 3.49. The van der Waals surface area contributed by atoms with Crippen molar-refractivity contribution in [2.75, 3.05) is 5.73 Å². The van der Waals surface area contributed by atoms with E-state index >= 15 is 0 Å². The van der Waals surface area contributed by atoms with E-state index in [-0.39, 0.29) is 5.82 Å². The molecule has 0 unspecified atom stereocenters. The lowest BCUT2D eigenvalue weighted by molar-refractivity contribution is 0.852. The number of aromatic nitrogens is 3. The Morgan fingerprint density at radius 2 is 2.07 bits per heavy atom. The Labute approximate surface area is 90.3 Å². The molecule has 2 aromatic heterocycles. The number of pyridine rings is 1. The molecule has 0 bridgehead atoms. The molecular weight excluding hydrogens is 223 g/mol. The first-order valence-corrected chi connectivity index (χ1v) is 4.55. The molecular formula is C8H6Cl2N4. The van der Waals surface area contributed by atoms with Crippen LogP contribution in [0.4, 0.5) is 5.82 Å². The van der Waals surface area contributed by atoms with Crippen LogP contribution >= 0.6 is 23.2 Å². The maximum Gasteiger partial charge on any atom is 0.164 e. The van der Waals surface area contributed by atoms with Crippen LogP contribution in [0.1, 0.15) is 0 Å². The Bertz CT molecular complexity index is 429. The van der Waals surface area contributed by atoms with Crippen LogP contribution in [0.25, 0.3) is 5.82 Å². The van der Waals surface area contributed by atoms with Gasteiger partial charge in [0.2, 0.25) is 0 Å². The zero-order valence-electron chi connectivity index (χ0n) is 6.98. The number of halogens is 2. The van der Waals surface area contributed by atoms with Crippen LogP contribution in [-0.4, -0.2) is 14.8 Å². The van der Waals surface area contributed by atoms with Crippen LogP contribution in [0.5, 0.6) is 0 Å². The molecule has 0 aliphatic carbocycles. The van der Waals surface area contributed by atoms with Gasteiger partial charge in [0.25, 0.3) is 0 Å². The molecule has 0 aliphatic rings. The lowest BCUT2D eigenvalue weighted by atomic mass is 10.5. The minimum absolute atomic E-state index is 0.281. The molecule has 0 amide bonds. The van der Waals surface area contributed by atoms with Gasteiger partial charge in [-0.25, -0.2) is 9.67 Å². The average Bonchev–Trinajstić information content (AvgIpc) is 2.48. The van der Waals surface area contributed by atoms with E-state index in [1.165, 1.54) is 10.9 Å². The number of rotatable bonds is 1. The zero-order chi connectivity index (χ0) is 10.1. The maximum absolute atomic E-state index is 5.75. The molecule has 0 fully saturated rings. The molecule has 0 spiro atoms. The quantitative estimate of drug-likeness (QED) is 0.814. The van der Waals surface area contributed by atoms with Gasteiger partial charge in [-0.15, -0.1) is 5.10 Å². The zero-order valence-corrected chi connectivity index (χ0v) is 8.50. The van der Waals surface area contributed by atoms with Crippen LogP contribution in [0.2, 0.25) is 10.0 Å². The Morgan fingerprint density at radius 1 is 1.29 bits per heavy atom. The third-order valence-corrected chi connectivity index (χ3v) is 2.16. The van der Waals surface area contributed by atoms with E-state index < -0.39 is 0 Å². The first-order valence-electron chi connectivity index (χ1n) is 3.79. The van der Waals surface area contributed by atoms with Gasteiger partial charge >= 0.3 is 0 Å². The highest BCUT2D eigenvalue weighted by molar-refractivity contribution is 6.32. The summed E-state index contributed by atoms with van der Waals surface area (Å²) < 4.78 is 1.49. The van der Waals surface area contributed by atoms with Crippen LogP contribution < -0.4 is 5.73 Å². The summed E-state index contributed by atoms with van der Waals surface area (Å²) in [4.78, 5) is 4.06. The van der Waals surface area contributed by atoms with E-state index in [1.54, 1.807) is 18.3 Å². The molecule has 2 rings (SSSR count). The Hall–Kier alpha value is -1.26. The van der Waals surface area contributed by atoms with Crippen LogP contribution in [0.15, 0.2) is 24.5 Å². The SMILES string of the molecule is Nc1nn(-c2ccc(Cl)cn2)cc1Cl. The van der Waals surface area contributed by atoms with Crippen LogP contribution in [0.3, 0.4) is 0 Å². The molecule has 2 aromatic rings. The van der Waals surface area contributed by atoms with E-state index in [2.05, 4.69) is 10.1 Å². The monoisotopic (exact) mass is 228 g/mol. The summed E-state index contributed by atoms with van der Waals surface area (Å²) in [5.41, 5.74) is 5.49. The Morgan fingerprint density at radius 3 is 2.57 bits per heavy atom. The molecule has 2 N–H and O–H groups in total. The van der Waals surface area contributed by atoms with E-state index in [0.29, 0.717) is 15.9 Å². The number of hydrogen-bond acceptors (Lipinski definition) is 3. The highest BCUT2D eigenvalue weighted by Crippen LogP contribution is 2.18. The molecule has 0 atom stereocenters. The first-order chi connectivity index (χ1) is 6.66. The summed E-state index contributed by atoms with van der Waals surface area (Å²) >= 11 is 11.4. The van der Waals surface area contributed by atoms with Gasteiger partial charge in [-0.2, -0.15) is 0 Å². The smallest absolute Gasteiger partial charge is 0.164 e. The van der Waals surface area contributed by atoms with Crippen molar-refractivity contribution in [3.8, 4) is 5.82 Å². The minimum atomic E-state index is 0.281.